The highest BCUT2D eigenvalue weighted by molar-refractivity contribution is 6.32. The molecule has 11 heteroatoms. The molecule has 0 fully saturated rings. The second-order valence-corrected chi connectivity index (χ2v) is 9.80. The molecule has 0 saturated carbocycles. The van der Waals surface area contributed by atoms with E-state index >= 15 is 0 Å². The van der Waals surface area contributed by atoms with Crippen LogP contribution in [-0.4, -0.2) is 36.4 Å². The Balaban J connectivity index is 1.53. The summed E-state index contributed by atoms with van der Waals surface area (Å²) in [5, 5.41) is 16.4. The third kappa shape index (κ3) is 6.77. The van der Waals surface area contributed by atoms with Crippen LogP contribution in [0.25, 0.3) is 11.3 Å². The molecule has 5 rings (SSSR count). The number of carboxylic acids is 1. The Morgan fingerprint density at radius 2 is 1.41 bits per heavy atom. The first-order valence-electron chi connectivity index (χ1n) is 13.3. The Morgan fingerprint density at radius 3 is 2.00 bits per heavy atom. The number of rotatable bonds is 12. The summed E-state index contributed by atoms with van der Waals surface area (Å²) in [7, 11) is 2.91. The van der Waals surface area contributed by atoms with Crippen LogP contribution in [0.2, 0.25) is 5.02 Å². The number of hydrogen-bond donors (Lipinski definition) is 2. The van der Waals surface area contributed by atoms with Gasteiger partial charge < -0.3 is 33.9 Å². The summed E-state index contributed by atoms with van der Waals surface area (Å²) in [6.07, 6.45) is 0. The van der Waals surface area contributed by atoms with Gasteiger partial charge in [0.2, 0.25) is 5.69 Å². The van der Waals surface area contributed by atoms with Crippen LogP contribution in [0.5, 0.6) is 23.0 Å². The molecule has 10 nitrogen and oxygen atoms in total. The Morgan fingerprint density at radius 1 is 0.795 bits per heavy atom. The van der Waals surface area contributed by atoms with Gasteiger partial charge in [0, 0.05) is 11.6 Å². The predicted molar refractivity (Wildman–Crippen MR) is 163 cm³/mol. The van der Waals surface area contributed by atoms with Crippen LogP contribution in [0.15, 0.2) is 95.5 Å². The molecule has 0 radical (unpaired) electrons. The first kappa shape index (κ1) is 30.0. The zero-order chi connectivity index (χ0) is 31.1. The van der Waals surface area contributed by atoms with E-state index in [-0.39, 0.29) is 46.6 Å². The highest BCUT2D eigenvalue weighted by Crippen LogP contribution is 2.43. The van der Waals surface area contributed by atoms with Gasteiger partial charge in [0.05, 0.1) is 24.8 Å². The highest BCUT2D eigenvalue weighted by atomic mass is 35.5. The molecule has 0 bridgehead atoms. The number of aromatic nitrogens is 1. The van der Waals surface area contributed by atoms with Crippen LogP contribution >= 0.6 is 11.6 Å². The van der Waals surface area contributed by atoms with Gasteiger partial charge in [0.15, 0.2) is 17.3 Å². The minimum atomic E-state index is -1.41. The summed E-state index contributed by atoms with van der Waals surface area (Å²) < 4.78 is 28.2. The Hall–Kier alpha value is -5.48. The molecular formula is C33H27ClN2O8. The third-order valence-electron chi connectivity index (χ3n) is 6.53. The molecule has 0 atom stereocenters. The van der Waals surface area contributed by atoms with E-state index < -0.39 is 17.6 Å². The minimum absolute atomic E-state index is 0.0733. The van der Waals surface area contributed by atoms with Crippen molar-refractivity contribution in [3.8, 4) is 34.3 Å². The third-order valence-corrected chi connectivity index (χ3v) is 6.83. The number of benzene rings is 4. The number of aromatic carboxylic acids is 1. The van der Waals surface area contributed by atoms with E-state index in [1.807, 2.05) is 60.7 Å². The van der Waals surface area contributed by atoms with Gasteiger partial charge in [-0.25, -0.2) is 4.79 Å². The van der Waals surface area contributed by atoms with E-state index in [2.05, 4.69) is 10.5 Å². The number of anilines is 1. The average molecular weight is 615 g/mol. The van der Waals surface area contributed by atoms with Crippen molar-refractivity contribution in [2.75, 3.05) is 19.5 Å². The molecule has 0 saturated heterocycles. The summed E-state index contributed by atoms with van der Waals surface area (Å²) in [5.41, 5.74) is 1.54. The maximum Gasteiger partial charge on any atom is 0.360 e. The fourth-order valence-corrected chi connectivity index (χ4v) is 4.53. The predicted octanol–water partition coefficient (Wildman–Crippen LogP) is 7.12. The summed E-state index contributed by atoms with van der Waals surface area (Å²) >= 11 is 6.65. The van der Waals surface area contributed by atoms with E-state index in [1.54, 1.807) is 12.1 Å². The van der Waals surface area contributed by atoms with Crippen LogP contribution in [0.3, 0.4) is 0 Å². The van der Waals surface area contributed by atoms with E-state index in [0.717, 1.165) is 11.1 Å². The fraction of sp³-hybridized carbons (Fsp3) is 0.121. The molecule has 5 aromatic rings. The van der Waals surface area contributed by atoms with Crippen LogP contribution in [0.4, 0.5) is 5.69 Å². The van der Waals surface area contributed by atoms with Gasteiger partial charge in [-0.05, 0) is 35.4 Å². The van der Waals surface area contributed by atoms with Gasteiger partial charge in [-0.15, -0.1) is 0 Å². The Labute approximate surface area is 257 Å². The fourth-order valence-electron chi connectivity index (χ4n) is 4.31. The van der Waals surface area contributed by atoms with Crippen molar-refractivity contribution in [1.82, 2.24) is 5.16 Å². The molecule has 0 unspecified atom stereocenters. The topological polar surface area (TPSA) is 129 Å². The van der Waals surface area contributed by atoms with E-state index in [0.29, 0.717) is 17.2 Å². The smallest absolute Gasteiger partial charge is 0.360 e. The Bertz CT molecular complexity index is 1770. The first-order valence-corrected chi connectivity index (χ1v) is 13.7. The maximum absolute atomic E-state index is 13.3. The number of carboxylic acid groups (broad SMARTS) is 1. The molecule has 1 aromatic heterocycles. The second-order valence-electron chi connectivity index (χ2n) is 9.39. The molecular weight excluding hydrogens is 588 g/mol. The van der Waals surface area contributed by atoms with Crippen molar-refractivity contribution >= 4 is 29.2 Å². The molecule has 0 aliphatic rings. The summed E-state index contributed by atoms with van der Waals surface area (Å²) in [6.45, 7) is 0.414. The highest BCUT2D eigenvalue weighted by Gasteiger charge is 2.28. The number of carbonyl (C=O) groups excluding carboxylic acids is 1. The number of halogens is 1. The van der Waals surface area contributed by atoms with Crippen LogP contribution in [-0.2, 0) is 13.2 Å². The number of nitrogens with one attached hydrogen (secondary N) is 1. The van der Waals surface area contributed by atoms with Crippen molar-refractivity contribution in [2.45, 2.75) is 13.2 Å². The standard InChI is InChI=1S/C33H27ClN2O8/c1-40-25-14-13-22(15-28(25)41-2)32(37)35-29-30(33(38)39)36-44-31(29)23-16-24(34)27(43-19-21-11-7-4-8-12-21)17-26(23)42-18-20-9-5-3-6-10-20/h3-17H,18-19H2,1-2H3,(H,35,37)(H,38,39). The van der Waals surface area contributed by atoms with E-state index in [1.165, 1.54) is 32.4 Å². The van der Waals surface area contributed by atoms with Gasteiger partial charge in [-0.2, -0.15) is 0 Å². The zero-order valence-electron chi connectivity index (χ0n) is 23.7. The van der Waals surface area contributed by atoms with Crippen LogP contribution in [0.1, 0.15) is 32.0 Å². The van der Waals surface area contributed by atoms with Crippen molar-refractivity contribution in [2.24, 2.45) is 0 Å². The number of methoxy groups -OCH3 is 2. The summed E-state index contributed by atoms with van der Waals surface area (Å²) in [5.74, 6) is -0.797. The van der Waals surface area contributed by atoms with Crippen molar-refractivity contribution in [3.05, 3.63) is 118 Å². The van der Waals surface area contributed by atoms with Crippen LogP contribution in [0, 0.1) is 0 Å². The summed E-state index contributed by atoms with van der Waals surface area (Å²) in [4.78, 5) is 25.4. The average Bonchev–Trinajstić information content (AvgIpc) is 3.47. The normalized spacial score (nSPS) is 10.6. The maximum atomic E-state index is 13.3. The molecule has 4 aromatic carbocycles. The van der Waals surface area contributed by atoms with Gasteiger partial charge in [0.25, 0.3) is 5.91 Å². The number of carbonyl (C=O) groups is 2. The molecule has 224 valence electrons. The van der Waals surface area contributed by atoms with Gasteiger partial charge in [-0.3, -0.25) is 4.79 Å². The minimum Gasteiger partial charge on any atom is -0.493 e. The number of hydrogen-bond acceptors (Lipinski definition) is 8. The quantitative estimate of drug-likeness (QED) is 0.151. The lowest BCUT2D eigenvalue weighted by Crippen LogP contribution is -2.15. The number of amides is 1. The lowest BCUT2D eigenvalue weighted by atomic mass is 10.1. The monoisotopic (exact) mass is 614 g/mol. The van der Waals surface area contributed by atoms with Crippen molar-refractivity contribution < 1.29 is 38.2 Å². The first-order chi connectivity index (χ1) is 21.4. The zero-order valence-corrected chi connectivity index (χ0v) is 24.5. The molecule has 0 spiro atoms. The van der Waals surface area contributed by atoms with E-state index in [9.17, 15) is 14.7 Å². The lowest BCUT2D eigenvalue weighted by Gasteiger charge is -2.16. The van der Waals surface area contributed by atoms with Crippen molar-refractivity contribution in [3.63, 3.8) is 0 Å². The van der Waals surface area contributed by atoms with Gasteiger partial charge in [0.1, 0.15) is 30.4 Å². The molecule has 44 heavy (non-hydrogen) atoms. The number of nitrogens with zero attached hydrogens (tertiary/aromatic N) is 1. The summed E-state index contributed by atoms with van der Waals surface area (Å²) in [6, 6.07) is 26.6. The van der Waals surface area contributed by atoms with Crippen LogP contribution < -0.4 is 24.3 Å². The molecule has 0 aliphatic heterocycles. The number of ether oxygens (including phenoxy) is 4. The lowest BCUT2D eigenvalue weighted by molar-refractivity contribution is 0.0687. The Kier molecular flexibility index (Phi) is 9.31. The molecule has 1 heterocycles. The van der Waals surface area contributed by atoms with Gasteiger partial charge >= 0.3 is 5.97 Å². The van der Waals surface area contributed by atoms with Gasteiger partial charge in [-0.1, -0.05) is 77.4 Å². The SMILES string of the molecule is COc1ccc(C(=O)Nc2c(C(=O)O)noc2-c2cc(Cl)c(OCc3ccccc3)cc2OCc2ccccc2)cc1OC. The second kappa shape index (κ2) is 13.7. The largest absolute Gasteiger partial charge is 0.493 e. The van der Waals surface area contributed by atoms with Crippen molar-refractivity contribution in [1.29, 1.82) is 0 Å². The molecule has 2 N–H and O–H groups in total. The molecule has 0 aliphatic carbocycles. The molecule has 1 amide bonds. The van der Waals surface area contributed by atoms with E-state index in [4.69, 9.17) is 35.1 Å².